The lowest BCUT2D eigenvalue weighted by atomic mass is 10.2. The standard InChI is InChI=1S/C14H9Cl2NO3S/c1-3-4-17-13(18)11(21-14(17)19)6-8-5-9(15)7-10(16)12(8)20-2/h1,5-7H,4H2,2H3/b11-6+. The van der Waals surface area contributed by atoms with Gasteiger partial charge in [-0.2, -0.15) is 0 Å². The lowest BCUT2D eigenvalue weighted by Crippen LogP contribution is -2.28. The van der Waals surface area contributed by atoms with Crippen molar-refractivity contribution in [3.05, 3.63) is 32.6 Å². The van der Waals surface area contributed by atoms with E-state index < -0.39 is 11.1 Å². The summed E-state index contributed by atoms with van der Waals surface area (Å²) in [5, 5.41) is 0.310. The van der Waals surface area contributed by atoms with Crippen molar-refractivity contribution in [2.24, 2.45) is 0 Å². The number of rotatable bonds is 3. The van der Waals surface area contributed by atoms with Crippen LogP contribution in [0.1, 0.15) is 5.56 Å². The van der Waals surface area contributed by atoms with E-state index in [4.69, 9.17) is 34.4 Å². The van der Waals surface area contributed by atoms with Crippen LogP contribution in [0.15, 0.2) is 17.0 Å². The Labute approximate surface area is 136 Å². The number of carbonyl (C=O) groups is 2. The third kappa shape index (κ3) is 3.18. The predicted molar refractivity (Wildman–Crippen MR) is 84.5 cm³/mol. The minimum absolute atomic E-state index is 0.0601. The van der Waals surface area contributed by atoms with Crippen LogP contribution in [0.25, 0.3) is 6.08 Å². The average molecular weight is 342 g/mol. The number of terminal acetylenes is 1. The molecule has 4 nitrogen and oxygen atoms in total. The van der Waals surface area contributed by atoms with Gasteiger partial charge >= 0.3 is 0 Å². The average Bonchev–Trinajstić information content (AvgIpc) is 2.66. The van der Waals surface area contributed by atoms with Crippen LogP contribution in [0.3, 0.4) is 0 Å². The van der Waals surface area contributed by atoms with E-state index in [2.05, 4.69) is 5.92 Å². The van der Waals surface area contributed by atoms with Crippen LogP contribution in [0, 0.1) is 12.3 Å². The molecule has 1 aliphatic heterocycles. The van der Waals surface area contributed by atoms with E-state index in [1.807, 2.05) is 0 Å². The first-order valence-corrected chi connectivity index (χ1v) is 7.27. The molecule has 0 aromatic heterocycles. The Kier molecular flexibility index (Phi) is 4.84. The van der Waals surface area contributed by atoms with Crippen molar-refractivity contribution in [3.8, 4) is 18.1 Å². The zero-order chi connectivity index (χ0) is 15.6. The van der Waals surface area contributed by atoms with E-state index in [0.29, 0.717) is 21.4 Å². The third-order valence-corrected chi connectivity index (χ3v) is 4.06. The van der Waals surface area contributed by atoms with E-state index in [-0.39, 0.29) is 11.4 Å². The molecule has 0 saturated carbocycles. The number of halogens is 2. The van der Waals surface area contributed by atoms with Crippen molar-refractivity contribution in [2.45, 2.75) is 0 Å². The van der Waals surface area contributed by atoms with Gasteiger partial charge in [0.05, 0.1) is 23.6 Å². The highest BCUT2D eigenvalue weighted by Gasteiger charge is 2.34. The molecule has 1 aromatic rings. The summed E-state index contributed by atoms with van der Waals surface area (Å²) in [4.78, 5) is 25.0. The lowest BCUT2D eigenvalue weighted by molar-refractivity contribution is -0.122. The fraction of sp³-hybridized carbons (Fsp3) is 0.143. The first-order chi connectivity index (χ1) is 9.97. The molecule has 0 aliphatic carbocycles. The van der Waals surface area contributed by atoms with Gasteiger partial charge in [-0.05, 0) is 30.0 Å². The number of carbonyl (C=O) groups excluding carboxylic acids is 2. The zero-order valence-corrected chi connectivity index (χ0v) is 13.2. The second-order valence-electron chi connectivity index (χ2n) is 3.98. The Hall–Kier alpha value is -1.61. The summed E-state index contributed by atoms with van der Waals surface area (Å²) in [7, 11) is 1.45. The molecule has 108 valence electrons. The van der Waals surface area contributed by atoms with Crippen LogP contribution in [0.2, 0.25) is 10.0 Å². The molecule has 1 aromatic carbocycles. The maximum Gasteiger partial charge on any atom is 0.294 e. The van der Waals surface area contributed by atoms with Gasteiger partial charge in [0.2, 0.25) is 0 Å². The summed E-state index contributed by atoms with van der Waals surface area (Å²) in [6, 6.07) is 3.13. The number of hydrogen-bond donors (Lipinski definition) is 0. The van der Waals surface area contributed by atoms with Crippen molar-refractivity contribution >= 4 is 52.2 Å². The Balaban J connectivity index is 2.44. The summed E-state index contributed by atoms with van der Waals surface area (Å²) in [6.07, 6.45) is 6.65. The molecule has 0 N–H and O–H groups in total. The molecule has 0 radical (unpaired) electrons. The van der Waals surface area contributed by atoms with E-state index in [9.17, 15) is 9.59 Å². The van der Waals surface area contributed by atoms with Crippen molar-refractivity contribution < 1.29 is 14.3 Å². The largest absolute Gasteiger partial charge is 0.495 e. The van der Waals surface area contributed by atoms with Crippen molar-refractivity contribution in [3.63, 3.8) is 0 Å². The number of hydrogen-bond acceptors (Lipinski definition) is 4. The molecule has 0 bridgehead atoms. The topological polar surface area (TPSA) is 46.6 Å². The number of nitrogens with zero attached hydrogens (tertiary/aromatic N) is 1. The number of ether oxygens (including phenoxy) is 1. The summed E-state index contributed by atoms with van der Waals surface area (Å²) >= 11 is 12.8. The minimum atomic E-state index is -0.443. The second-order valence-corrected chi connectivity index (χ2v) is 5.82. The van der Waals surface area contributed by atoms with Crippen molar-refractivity contribution in [2.75, 3.05) is 13.7 Å². The van der Waals surface area contributed by atoms with E-state index in [1.54, 1.807) is 6.07 Å². The quantitative estimate of drug-likeness (QED) is 0.621. The van der Waals surface area contributed by atoms with Crippen LogP contribution in [-0.2, 0) is 4.79 Å². The van der Waals surface area contributed by atoms with Crippen LogP contribution >= 0.6 is 35.0 Å². The summed E-state index contributed by atoms with van der Waals surface area (Å²) in [6.45, 7) is -0.0601. The van der Waals surface area contributed by atoms with E-state index in [0.717, 1.165) is 16.7 Å². The van der Waals surface area contributed by atoms with Gasteiger partial charge in [-0.3, -0.25) is 14.5 Å². The molecule has 0 atom stereocenters. The number of methoxy groups -OCH3 is 1. The van der Waals surface area contributed by atoms with Crippen LogP contribution in [0.4, 0.5) is 4.79 Å². The van der Waals surface area contributed by atoms with Gasteiger partial charge in [0.1, 0.15) is 5.75 Å². The Morgan fingerprint density at radius 1 is 1.43 bits per heavy atom. The van der Waals surface area contributed by atoms with E-state index in [1.165, 1.54) is 19.3 Å². The third-order valence-electron chi connectivity index (χ3n) is 2.65. The molecule has 2 amide bonds. The van der Waals surface area contributed by atoms with Gasteiger partial charge in [0.25, 0.3) is 11.1 Å². The predicted octanol–water partition coefficient (Wildman–Crippen LogP) is 3.67. The SMILES string of the molecule is C#CCN1C(=O)S/C(=C/c2cc(Cl)cc(Cl)c2OC)C1=O. The number of amides is 2. The molecule has 1 fully saturated rings. The number of thioether (sulfide) groups is 1. The molecule has 1 aliphatic rings. The molecule has 2 rings (SSSR count). The molecule has 1 heterocycles. The monoisotopic (exact) mass is 341 g/mol. The molecular weight excluding hydrogens is 333 g/mol. The summed E-state index contributed by atoms with van der Waals surface area (Å²) < 4.78 is 5.19. The number of imide groups is 1. The molecule has 21 heavy (non-hydrogen) atoms. The first-order valence-electron chi connectivity index (χ1n) is 5.69. The molecule has 7 heteroatoms. The maximum absolute atomic E-state index is 12.1. The van der Waals surface area contributed by atoms with Crippen molar-refractivity contribution in [1.82, 2.24) is 4.90 Å². The summed E-state index contributed by atoms with van der Waals surface area (Å²) in [5.74, 6) is 2.21. The highest BCUT2D eigenvalue weighted by atomic mass is 35.5. The van der Waals surface area contributed by atoms with Crippen LogP contribution in [-0.4, -0.2) is 29.7 Å². The first kappa shape index (κ1) is 15.8. The highest BCUT2D eigenvalue weighted by molar-refractivity contribution is 8.18. The van der Waals surface area contributed by atoms with Crippen LogP contribution < -0.4 is 4.74 Å². The fourth-order valence-corrected chi connectivity index (χ4v) is 3.19. The van der Waals surface area contributed by atoms with Gasteiger partial charge < -0.3 is 4.74 Å². The lowest BCUT2D eigenvalue weighted by Gasteiger charge is -2.09. The second kappa shape index (κ2) is 6.44. The normalized spacial score (nSPS) is 16.5. The molecule has 0 unspecified atom stereocenters. The summed E-state index contributed by atoms with van der Waals surface area (Å²) in [5.41, 5.74) is 0.515. The molecule has 0 spiro atoms. The Morgan fingerprint density at radius 3 is 2.76 bits per heavy atom. The maximum atomic E-state index is 12.1. The van der Waals surface area contributed by atoms with Crippen molar-refractivity contribution in [1.29, 1.82) is 0 Å². The van der Waals surface area contributed by atoms with Gasteiger partial charge in [-0.15, -0.1) is 6.42 Å². The molecular formula is C14H9Cl2NO3S. The molecule has 1 saturated heterocycles. The minimum Gasteiger partial charge on any atom is -0.495 e. The smallest absolute Gasteiger partial charge is 0.294 e. The van der Waals surface area contributed by atoms with Crippen LogP contribution in [0.5, 0.6) is 5.75 Å². The Bertz CT molecular complexity index is 694. The zero-order valence-electron chi connectivity index (χ0n) is 10.9. The van der Waals surface area contributed by atoms with Gasteiger partial charge in [0, 0.05) is 10.6 Å². The van der Waals surface area contributed by atoms with E-state index >= 15 is 0 Å². The fourth-order valence-electron chi connectivity index (χ4n) is 1.77. The van der Waals surface area contributed by atoms with Gasteiger partial charge in [-0.1, -0.05) is 29.1 Å². The van der Waals surface area contributed by atoms with Gasteiger partial charge in [0.15, 0.2) is 0 Å². The van der Waals surface area contributed by atoms with Gasteiger partial charge in [-0.25, -0.2) is 0 Å². The Morgan fingerprint density at radius 2 is 2.14 bits per heavy atom. The number of benzene rings is 1. The highest BCUT2D eigenvalue weighted by Crippen LogP contribution is 2.37.